The van der Waals surface area contributed by atoms with E-state index in [0.29, 0.717) is 0 Å². The summed E-state index contributed by atoms with van der Waals surface area (Å²) in [6.45, 7) is 13.8. The summed E-state index contributed by atoms with van der Waals surface area (Å²) in [7, 11) is 0. The molecule has 0 rings (SSSR count). The largest absolute Gasteiger partial charge is 0.0991 e. The minimum atomic E-state index is 0.919. The summed E-state index contributed by atoms with van der Waals surface area (Å²) in [5.41, 5.74) is 3.74. The molecular formula is C16H22. The van der Waals surface area contributed by atoms with Crippen LogP contribution in [0.2, 0.25) is 0 Å². The van der Waals surface area contributed by atoms with Gasteiger partial charge < -0.3 is 0 Å². The van der Waals surface area contributed by atoms with Crippen molar-refractivity contribution in [1.29, 1.82) is 0 Å². The molecule has 0 heteroatoms. The number of hydrogen-bond donors (Lipinski definition) is 0. The number of rotatable bonds is 6. The van der Waals surface area contributed by atoms with Gasteiger partial charge in [0.15, 0.2) is 0 Å². The van der Waals surface area contributed by atoms with E-state index in [-0.39, 0.29) is 0 Å². The summed E-state index contributed by atoms with van der Waals surface area (Å²) >= 11 is 0. The predicted molar refractivity (Wildman–Crippen MR) is 75.4 cm³/mol. The average Bonchev–Trinajstić information content (AvgIpc) is 2.32. The lowest BCUT2D eigenvalue weighted by atomic mass is 9.97. The second kappa shape index (κ2) is 8.72. The van der Waals surface area contributed by atoms with Crippen LogP contribution in [-0.4, -0.2) is 0 Å². The minimum Gasteiger partial charge on any atom is -0.0991 e. The Morgan fingerprint density at radius 2 is 1.88 bits per heavy atom. The van der Waals surface area contributed by atoms with Gasteiger partial charge in [-0.2, -0.15) is 0 Å². The number of hydrogen-bond acceptors (Lipinski definition) is 0. The van der Waals surface area contributed by atoms with Crippen molar-refractivity contribution in [2.75, 3.05) is 0 Å². The molecule has 0 aromatic rings. The maximum Gasteiger partial charge on any atom is -0.00917 e. The highest BCUT2D eigenvalue weighted by Gasteiger charge is 2.01. The first-order valence-electron chi connectivity index (χ1n) is 5.60. The van der Waals surface area contributed by atoms with Gasteiger partial charge in [-0.05, 0) is 43.9 Å². The van der Waals surface area contributed by atoms with Crippen molar-refractivity contribution < 1.29 is 0 Å². The summed E-state index contributed by atoms with van der Waals surface area (Å²) in [4.78, 5) is 0. The molecule has 0 amide bonds. The normalized spacial score (nSPS) is 14.3. The third kappa shape index (κ3) is 4.79. The Balaban J connectivity index is 5.36. The van der Waals surface area contributed by atoms with Gasteiger partial charge in [0.2, 0.25) is 0 Å². The van der Waals surface area contributed by atoms with E-state index in [1.807, 2.05) is 26.0 Å². The topological polar surface area (TPSA) is 0 Å². The van der Waals surface area contributed by atoms with Crippen molar-refractivity contribution in [3.8, 4) is 0 Å². The molecule has 0 spiro atoms. The van der Waals surface area contributed by atoms with Crippen molar-refractivity contribution in [2.24, 2.45) is 0 Å². The molecule has 16 heavy (non-hydrogen) atoms. The second-order valence-electron chi connectivity index (χ2n) is 3.48. The Morgan fingerprint density at radius 1 is 1.19 bits per heavy atom. The van der Waals surface area contributed by atoms with E-state index in [9.17, 15) is 0 Å². The molecule has 0 atom stereocenters. The summed E-state index contributed by atoms with van der Waals surface area (Å²) < 4.78 is 0. The molecular weight excluding hydrogens is 192 g/mol. The highest BCUT2D eigenvalue weighted by Crippen LogP contribution is 2.20. The fourth-order valence-corrected chi connectivity index (χ4v) is 1.36. The van der Waals surface area contributed by atoms with Crippen LogP contribution in [0.25, 0.3) is 0 Å². The summed E-state index contributed by atoms with van der Waals surface area (Å²) in [5.74, 6) is 0. The Morgan fingerprint density at radius 3 is 2.31 bits per heavy atom. The summed E-state index contributed by atoms with van der Waals surface area (Å²) in [6.07, 6.45) is 15.0. The molecule has 0 aromatic carbocycles. The summed E-state index contributed by atoms with van der Waals surface area (Å²) in [6, 6.07) is 0. The minimum absolute atomic E-state index is 0.919. The van der Waals surface area contributed by atoms with Gasteiger partial charge in [0.1, 0.15) is 0 Å². The van der Waals surface area contributed by atoms with Crippen LogP contribution in [0.1, 0.15) is 27.2 Å². The third-order valence-corrected chi connectivity index (χ3v) is 2.42. The van der Waals surface area contributed by atoms with Crippen LogP contribution < -0.4 is 0 Å². The Bertz CT molecular complexity index is 346. The van der Waals surface area contributed by atoms with Gasteiger partial charge in [-0.25, -0.2) is 0 Å². The van der Waals surface area contributed by atoms with E-state index in [2.05, 4.69) is 44.4 Å². The van der Waals surface area contributed by atoms with E-state index in [1.54, 1.807) is 6.08 Å². The molecule has 0 aromatic heterocycles. The summed E-state index contributed by atoms with van der Waals surface area (Å²) in [5, 5.41) is 0. The maximum absolute atomic E-state index is 3.88. The lowest BCUT2D eigenvalue weighted by molar-refractivity contribution is 1.22. The van der Waals surface area contributed by atoms with Crippen LogP contribution >= 0.6 is 0 Å². The highest BCUT2D eigenvalue weighted by molar-refractivity contribution is 5.47. The fraction of sp³-hybridized carbons (Fsp3) is 0.250. The Hall–Kier alpha value is -1.56. The van der Waals surface area contributed by atoms with E-state index in [1.165, 1.54) is 16.7 Å². The van der Waals surface area contributed by atoms with E-state index < -0.39 is 0 Å². The standard InChI is InChI=1S/C16H22/c1-6-10-12-15(9-4)16(13-11-7-2)14(5)8-3/h6-11,13H,2,4,12H2,1,3,5H3. The Kier molecular flexibility index (Phi) is 7.87. The second-order valence-corrected chi connectivity index (χ2v) is 3.48. The molecule has 0 aliphatic rings. The van der Waals surface area contributed by atoms with Gasteiger partial charge in [0, 0.05) is 0 Å². The van der Waals surface area contributed by atoms with Crippen molar-refractivity contribution in [1.82, 2.24) is 0 Å². The monoisotopic (exact) mass is 214 g/mol. The molecule has 0 unspecified atom stereocenters. The van der Waals surface area contributed by atoms with Crippen LogP contribution in [-0.2, 0) is 0 Å². The maximum atomic E-state index is 3.88. The van der Waals surface area contributed by atoms with Crippen LogP contribution in [0.3, 0.4) is 0 Å². The molecule has 86 valence electrons. The van der Waals surface area contributed by atoms with Crippen molar-refractivity contribution >= 4 is 0 Å². The van der Waals surface area contributed by atoms with Crippen LogP contribution in [0.4, 0.5) is 0 Å². The quantitative estimate of drug-likeness (QED) is 0.424. The first kappa shape index (κ1) is 14.4. The van der Waals surface area contributed by atoms with Crippen molar-refractivity contribution in [3.63, 3.8) is 0 Å². The van der Waals surface area contributed by atoms with Crippen molar-refractivity contribution in [3.05, 3.63) is 72.4 Å². The molecule has 0 saturated heterocycles. The third-order valence-electron chi connectivity index (χ3n) is 2.42. The first-order valence-corrected chi connectivity index (χ1v) is 5.60. The van der Waals surface area contributed by atoms with E-state index in [0.717, 1.165) is 6.42 Å². The highest BCUT2D eigenvalue weighted by atomic mass is 14.1. The van der Waals surface area contributed by atoms with Crippen LogP contribution in [0.15, 0.2) is 72.4 Å². The molecule has 0 nitrogen and oxygen atoms in total. The molecule has 0 aliphatic carbocycles. The molecule has 0 aliphatic heterocycles. The molecule has 0 saturated carbocycles. The Labute approximate surface area is 100 Å². The molecule has 0 fully saturated rings. The SMILES string of the molecule is C=CC=CC(C(C)=CC)=C(C=C)CC=CC. The zero-order chi connectivity index (χ0) is 12.4. The lowest BCUT2D eigenvalue weighted by Gasteiger charge is -2.08. The van der Waals surface area contributed by atoms with Crippen LogP contribution in [0, 0.1) is 0 Å². The van der Waals surface area contributed by atoms with E-state index in [4.69, 9.17) is 0 Å². The fourth-order valence-electron chi connectivity index (χ4n) is 1.36. The van der Waals surface area contributed by atoms with Gasteiger partial charge in [0.25, 0.3) is 0 Å². The zero-order valence-electron chi connectivity index (χ0n) is 10.7. The van der Waals surface area contributed by atoms with Gasteiger partial charge in [-0.15, -0.1) is 0 Å². The lowest BCUT2D eigenvalue weighted by Crippen LogP contribution is -1.88. The van der Waals surface area contributed by atoms with Gasteiger partial charge in [-0.3, -0.25) is 0 Å². The molecule has 0 heterocycles. The average molecular weight is 214 g/mol. The first-order chi connectivity index (χ1) is 7.71. The number of allylic oxidation sites excluding steroid dienone is 10. The molecule has 0 bridgehead atoms. The predicted octanol–water partition coefficient (Wildman–Crippen LogP) is 5.14. The molecule has 0 N–H and O–H groups in total. The van der Waals surface area contributed by atoms with Gasteiger partial charge in [0.05, 0.1) is 0 Å². The zero-order valence-corrected chi connectivity index (χ0v) is 10.7. The van der Waals surface area contributed by atoms with Crippen molar-refractivity contribution in [2.45, 2.75) is 27.2 Å². The van der Waals surface area contributed by atoms with Gasteiger partial charge in [-0.1, -0.05) is 55.7 Å². The van der Waals surface area contributed by atoms with E-state index >= 15 is 0 Å². The van der Waals surface area contributed by atoms with Gasteiger partial charge >= 0.3 is 0 Å². The molecule has 0 radical (unpaired) electrons. The van der Waals surface area contributed by atoms with Crippen LogP contribution in [0.5, 0.6) is 0 Å². The smallest absolute Gasteiger partial charge is 0.00917 e.